The molecule has 1 aliphatic rings. The van der Waals surface area contributed by atoms with Crippen molar-refractivity contribution >= 4 is 32.6 Å². The molecule has 1 atom stereocenters. The molecule has 0 saturated carbocycles. The molecule has 1 fully saturated rings. The zero-order valence-corrected chi connectivity index (χ0v) is 12.9. The molecular formula is C11H16FN3O3S2. The van der Waals surface area contributed by atoms with Crippen molar-refractivity contribution in [1.82, 2.24) is 10.2 Å². The van der Waals surface area contributed by atoms with Crippen molar-refractivity contribution in [3.63, 3.8) is 0 Å². The molecule has 0 radical (unpaired) electrons. The molecule has 0 aromatic carbocycles. The molecule has 1 aromatic heterocycles. The normalized spacial score (nSPS) is 20.1. The first-order chi connectivity index (χ1) is 9.24. The SMILES string of the molecule is CC(C)Cc1nnc(N2CC(CS(=O)(=O)F)CC2=O)s1. The van der Waals surface area contributed by atoms with E-state index >= 15 is 0 Å². The van der Waals surface area contributed by atoms with Crippen molar-refractivity contribution in [2.75, 3.05) is 17.2 Å². The number of amides is 1. The molecule has 0 spiro atoms. The van der Waals surface area contributed by atoms with Crippen LogP contribution in [0, 0.1) is 11.8 Å². The van der Waals surface area contributed by atoms with Gasteiger partial charge in [-0.1, -0.05) is 25.2 Å². The van der Waals surface area contributed by atoms with E-state index in [9.17, 15) is 17.1 Å². The molecule has 0 N–H and O–H groups in total. The van der Waals surface area contributed by atoms with Gasteiger partial charge in [-0.05, 0) is 5.92 Å². The second-order valence-corrected chi connectivity index (χ2v) is 7.81. The highest BCUT2D eigenvalue weighted by Gasteiger charge is 2.35. The fourth-order valence-corrected chi connectivity index (χ4v) is 4.01. The van der Waals surface area contributed by atoms with Crippen molar-refractivity contribution in [1.29, 1.82) is 0 Å². The number of carbonyl (C=O) groups excluding carboxylic acids is 1. The molecule has 20 heavy (non-hydrogen) atoms. The Balaban J connectivity index is 2.06. The smallest absolute Gasteiger partial charge is 0.286 e. The van der Waals surface area contributed by atoms with E-state index < -0.39 is 21.9 Å². The third-order valence-electron chi connectivity index (χ3n) is 2.91. The predicted molar refractivity (Wildman–Crippen MR) is 73.8 cm³/mol. The lowest BCUT2D eigenvalue weighted by atomic mass is 10.1. The molecule has 9 heteroatoms. The minimum absolute atomic E-state index is 0.0300. The number of carbonyl (C=O) groups is 1. The molecule has 0 aliphatic carbocycles. The molecule has 1 saturated heterocycles. The minimum Gasteiger partial charge on any atom is -0.286 e. The lowest BCUT2D eigenvalue weighted by Crippen LogP contribution is -2.25. The fourth-order valence-electron chi connectivity index (χ4n) is 2.15. The highest BCUT2D eigenvalue weighted by atomic mass is 32.3. The van der Waals surface area contributed by atoms with Crippen molar-refractivity contribution in [2.24, 2.45) is 11.8 Å². The summed E-state index contributed by atoms with van der Waals surface area (Å²) in [4.78, 5) is 13.3. The highest BCUT2D eigenvalue weighted by Crippen LogP contribution is 2.29. The molecule has 1 aliphatic heterocycles. The third-order valence-corrected chi connectivity index (χ3v) is 4.75. The number of halogens is 1. The first-order valence-corrected chi connectivity index (χ1v) is 8.66. The van der Waals surface area contributed by atoms with E-state index in [1.54, 1.807) is 0 Å². The van der Waals surface area contributed by atoms with E-state index in [-0.39, 0.29) is 18.9 Å². The van der Waals surface area contributed by atoms with Gasteiger partial charge in [0.25, 0.3) is 0 Å². The number of nitrogens with zero attached hydrogens (tertiary/aromatic N) is 3. The van der Waals surface area contributed by atoms with Crippen LogP contribution in [0.25, 0.3) is 0 Å². The zero-order chi connectivity index (χ0) is 14.9. The molecule has 112 valence electrons. The van der Waals surface area contributed by atoms with E-state index in [2.05, 4.69) is 24.0 Å². The topological polar surface area (TPSA) is 80.2 Å². The minimum atomic E-state index is -4.56. The summed E-state index contributed by atoms with van der Waals surface area (Å²) < 4.78 is 33.9. The summed E-state index contributed by atoms with van der Waals surface area (Å²) >= 11 is 1.32. The van der Waals surface area contributed by atoms with Gasteiger partial charge in [0.15, 0.2) is 0 Å². The molecule has 2 rings (SSSR count). The average Bonchev–Trinajstić information content (AvgIpc) is 2.82. The fraction of sp³-hybridized carbons (Fsp3) is 0.727. The summed E-state index contributed by atoms with van der Waals surface area (Å²) in [5.74, 6) is -0.928. The lowest BCUT2D eigenvalue weighted by Gasteiger charge is -2.11. The summed E-state index contributed by atoms with van der Waals surface area (Å²) in [7, 11) is -4.56. The van der Waals surface area contributed by atoms with Gasteiger partial charge in [0.2, 0.25) is 11.0 Å². The summed E-state index contributed by atoms with van der Waals surface area (Å²) in [6, 6.07) is 0. The molecule has 1 unspecified atom stereocenters. The first-order valence-electron chi connectivity index (χ1n) is 6.29. The van der Waals surface area contributed by atoms with E-state index in [0.29, 0.717) is 11.0 Å². The van der Waals surface area contributed by atoms with Crippen LogP contribution in [-0.2, 0) is 21.4 Å². The van der Waals surface area contributed by atoms with Gasteiger partial charge in [-0.3, -0.25) is 9.69 Å². The maximum absolute atomic E-state index is 12.7. The van der Waals surface area contributed by atoms with Gasteiger partial charge >= 0.3 is 10.2 Å². The van der Waals surface area contributed by atoms with Gasteiger partial charge in [0.1, 0.15) is 5.01 Å². The molecule has 1 amide bonds. The number of anilines is 1. The Kier molecular flexibility index (Phi) is 4.38. The van der Waals surface area contributed by atoms with Gasteiger partial charge in [0, 0.05) is 25.3 Å². The Hall–Kier alpha value is -1.09. The van der Waals surface area contributed by atoms with Crippen LogP contribution in [-0.4, -0.2) is 36.8 Å². The van der Waals surface area contributed by atoms with Crippen LogP contribution < -0.4 is 4.90 Å². The number of aromatic nitrogens is 2. The Labute approximate surface area is 121 Å². The van der Waals surface area contributed by atoms with Crippen molar-refractivity contribution < 1.29 is 17.1 Å². The van der Waals surface area contributed by atoms with Crippen LogP contribution in [0.4, 0.5) is 9.02 Å². The Morgan fingerprint density at radius 1 is 1.45 bits per heavy atom. The quantitative estimate of drug-likeness (QED) is 0.766. The van der Waals surface area contributed by atoms with Crippen LogP contribution in [0.15, 0.2) is 0 Å². The number of hydrogen-bond donors (Lipinski definition) is 0. The molecule has 2 heterocycles. The van der Waals surface area contributed by atoms with Crippen molar-refractivity contribution in [2.45, 2.75) is 26.7 Å². The van der Waals surface area contributed by atoms with Crippen LogP contribution in [0.1, 0.15) is 25.3 Å². The largest absolute Gasteiger partial charge is 0.302 e. The van der Waals surface area contributed by atoms with Crippen LogP contribution >= 0.6 is 11.3 Å². The van der Waals surface area contributed by atoms with E-state index in [0.717, 1.165) is 11.4 Å². The average molecular weight is 321 g/mol. The van der Waals surface area contributed by atoms with Gasteiger partial charge in [-0.2, -0.15) is 8.42 Å². The third kappa shape index (κ3) is 3.95. The molecule has 6 nitrogen and oxygen atoms in total. The monoisotopic (exact) mass is 321 g/mol. The highest BCUT2D eigenvalue weighted by molar-refractivity contribution is 7.86. The maximum Gasteiger partial charge on any atom is 0.302 e. The van der Waals surface area contributed by atoms with Gasteiger partial charge in [-0.25, -0.2) is 0 Å². The van der Waals surface area contributed by atoms with Crippen LogP contribution in [0.3, 0.4) is 0 Å². The molecule has 0 bridgehead atoms. The van der Waals surface area contributed by atoms with Crippen LogP contribution in [0.2, 0.25) is 0 Å². The van der Waals surface area contributed by atoms with Crippen LogP contribution in [0.5, 0.6) is 0 Å². The lowest BCUT2D eigenvalue weighted by molar-refractivity contribution is -0.117. The van der Waals surface area contributed by atoms with E-state index in [1.807, 2.05) is 0 Å². The summed E-state index contributed by atoms with van der Waals surface area (Å²) in [6.07, 6.45) is 0.810. The predicted octanol–water partition coefficient (Wildman–Crippen LogP) is 1.39. The zero-order valence-electron chi connectivity index (χ0n) is 11.2. The van der Waals surface area contributed by atoms with Gasteiger partial charge in [0.05, 0.1) is 5.75 Å². The van der Waals surface area contributed by atoms with E-state index in [1.165, 1.54) is 16.2 Å². The first kappa shape index (κ1) is 15.3. The number of rotatable bonds is 5. The van der Waals surface area contributed by atoms with E-state index in [4.69, 9.17) is 0 Å². The van der Waals surface area contributed by atoms with Gasteiger partial charge in [-0.15, -0.1) is 14.1 Å². The Morgan fingerprint density at radius 2 is 2.15 bits per heavy atom. The maximum atomic E-state index is 12.7. The summed E-state index contributed by atoms with van der Waals surface area (Å²) in [5, 5.41) is 9.28. The van der Waals surface area contributed by atoms with Crippen molar-refractivity contribution in [3.05, 3.63) is 5.01 Å². The summed E-state index contributed by atoms with van der Waals surface area (Å²) in [5.41, 5.74) is 0. The Bertz CT molecular complexity index is 600. The standard InChI is InChI=1S/C11H16FN3O3S2/c1-7(2)3-9-13-14-11(19-9)15-5-8(4-10(15)16)6-20(12,17)18/h7-8H,3-6H2,1-2H3. The molecular weight excluding hydrogens is 305 g/mol. The van der Waals surface area contributed by atoms with Gasteiger partial charge < -0.3 is 0 Å². The summed E-state index contributed by atoms with van der Waals surface area (Å²) in [6.45, 7) is 4.30. The Morgan fingerprint density at radius 3 is 2.75 bits per heavy atom. The second-order valence-electron chi connectivity index (χ2n) is 5.36. The second kappa shape index (κ2) is 5.72. The molecule has 1 aromatic rings. The van der Waals surface area contributed by atoms with Crippen molar-refractivity contribution in [3.8, 4) is 0 Å². The number of hydrogen-bond acceptors (Lipinski definition) is 6.